The van der Waals surface area contributed by atoms with Gasteiger partial charge in [0.15, 0.2) is 11.5 Å². The summed E-state index contributed by atoms with van der Waals surface area (Å²) in [7, 11) is 3.20. The van der Waals surface area contributed by atoms with Crippen LogP contribution in [0.25, 0.3) is 11.4 Å². The number of rotatable bonds is 5. The second-order valence-corrected chi connectivity index (χ2v) is 5.24. The molecule has 3 aromatic rings. The monoisotopic (exact) mass is 310 g/mol. The van der Waals surface area contributed by atoms with Gasteiger partial charge in [-0.2, -0.15) is 4.98 Å². The van der Waals surface area contributed by atoms with Crippen LogP contribution in [0.1, 0.15) is 17.0 Å². The second-order valence-electron chi connectivity index (χ2n) is 5.24. The highest BCUT2D eigenvalue weighted by Crippen LogP contribution is 2.31. The summed E-state index contributed by atoms with van der Waals surface area (Å²) in [5.74, 6) is 2.42. The van der Waals surface area contributed by atoms with Crippen molar-refractivity contribution in [3.8, 4) is 22.9 Å². The molecule has 3 rings (SSSR count). The number of benzene rings is 2. The maximum atomic E-state index is 5.35. The van der Waals surface area contributed by atoms with Crippen molar-refractivity contribution < 1.29 is 14.0 Å². The molecule has 5 heteroatoms. The molecule has 1 heterocycles. The molecule has 5 nitrogen and oxygen atoms in total. The molecule has 0 N–H and O–H groups in total. The lowest BCUT2D eigenvalue weighted by Gasteiger charge is -2.07. The number of aromatic nitrogens is 2. The third kappa shape index (κ3) is 3.34. The zero-order valence-electron chi connectivity index (χ0n) is 13.4. The maximum Gasteiger partial charge on any atom is 0.231 e. The Morgan fingerprint density at radius 1 is 0.957 bits per heavy atom. The SMILES string of the molecule is COc1ccc(-c2noc(Cc3ccc(C)cc3)n2)cc1OC. The van der Waals surface area contributed by atoms with Gasteiger partial charge in [-0.15, -0.1) is 0 Å². The lowest BCUT2D eigenvalue weighted by atomic mass is 10.1. The van der Waals surface area contributed by atoms with Crippen LogP contribution in [-0.2, 0) is 6.42 Å². The smallest absolute Gasteiger partial charge is 0.231 e. The lowest BCUT2D eigenvalue weighted by molar-refractivity contribution is 0.355. The van der Waals surface area contributed by atoms with Gasteiger partial charge < -0.3 is 14.0 Å². The number of nitrogens with zero attached hydrogens (tertiary/aromatic N) is 2. The summed E-state index contributed by atoms with van der Waals surface area (Å²) in [4.78, 5) is 4.45. The van der Waals surface area contributed by atoms with E-state index in [4.69, 9.17) is 14.0 Å². The molecule has 0 aliphatic heterocycles. The first-order chi connectivity index (χ1) is 11.2. The van der Waals surface area contributed by atoms with Crippen LogP contribution in [0, 0.1) is 6.92 Å². The molecule has 0 amide bonds. The molecule has 0 aliphatic rings. The Morgan fingerprint density at radius 3 is 2.39 bits per heavy atom. The minimum atomic E-state index is 0.535. The van der Waals surface area contributed by atoms with Crippen LogP contribution in [0.5, 0.6) is 11.5 Å². The molecule has 1 aromatic heterocycles. The van der Waals surface area contributed by atoms with Crippen LogP contribution in [0.4, 0.5) is 0 Å². The van der Waals surface area contributed by atoms with E-state index < -0.39 is 0 Å². The van der Waals surface area contributed by atoms with Gasteiger partial charge in [-0.3, -0.25) is 0 Å². The van der Waals surface area contributed by atoms with E-state index in [0.717, 1.165) is 11.1 Å². The topological polar surface area (TPSA) is 57.4 Å². The average Bonchev–Trinajstić information content (AvgIpc) is 3.05. The van der Waals surface area contributed by atoms with Crippen molar-refractivity contribution >= 4 is 0 Å². The minimum absolute atomic E-state index is 0.535. The van der Waals surface area contributed by atoms with Crippen LogP contribution >= 0.6 is 0 Å². The summed E-state index contributed by atoms with van der Waals surface area (Å²) in [6.07, 6.45) is 0.612. The van der Waals surface area contributed by atoms with Gasteiger partial charge in [0, 0.05) is 5.56 Å². The average molecular weight is 310 g/mol. The molecule has 0 saturated carbocycles. The predicted octanol–water partition coefficient (Wildman–Crippen LogP) is 3.65. The van der Waals surface area contributed by atoms with E-state index in [9.17, 15) is 0 Å². The van der Waals surface area contributed by atoms with Gasteiger partial charge in [-0.1, -0.05) is 35.0 Å². The van der Waals surface area contributed by atoms with Crippen molar-refractivity contribution in [2.45, 2.75) is 13.3 Å². The number of hydrogen-bond donors (Lipinski definition) is 0. The maximum absolute atomic E-state index is 5.35. The highest BCUT2D eigenvalue weighted by atomic mass is 16.5. The summed E-state index contributed by atoms with van der Waals surface area (Å²) in [5, 5.41) is 4.05. The van der Waals surface area contributed by atoms with E-state index in [-0.39, 0.29) is 0 Å². The fourth-order valence-corrected chi connectivity index (χ4v) is 2.30. The number of methoxy groups -OCH3 is 2. The van der Waals surface area contributed by atoms with Gasteiger partial charge in [0.25, 0.3) is 0 Å². The quantitative estimate of drug-likeness (QED) is 0.720. The van der Waals surface area contributed by atoms with Crippen molar-refractivity contribution in [1.29, 1.82) is 0 Å². The standard InChI is InChI=1S/C18H18N2O3/c1-12-4-6-13(7-5-12)10-17-19-18(20-23-17)14-8-9-15(21-2)16(11-14)22-3/h4-9,11H,10H2,1-3H3. The van der Waals surface area contributed by atoms with E-state index in [1.807, 2.05) is 18.2 Å². The Labute approximate surface area is 134 Å². The zero-order valence-corrected chi connectivity index (χ0v) is 13.4. The van der Waals surface area contributed by atoms with Crippen molar-refractivity contribution in [3.63, 3.8) is 0 Å². The molecule has 0 fully saturated rings. The Balaban J connectivity index is 1.82. The van der Waals surface area contributed by atoms with Crippen LogP contribution in [-0.4, -0.2) is 24.4 Å². The first-order valence-electron chi connectivity index (χ1n) is 7.30. The van der Waals surface area contributed by atoms with Crippen LogP contribution in [0.3, 0.4) is 0 Å². The predicted molar refractivity (Wildman–Crippen MR) is 86.8 cm³/mol. The molecule has 2 aromatic carbocycles. The highest BCUT2D eigenvalue weighted by Gasteiger charge is 2.12. The van der Waals surface area contributed by atoms with E-state index >= 15 is 0 Å². The number of ether oxygens (including phenoxy) is 2. The molecule has 0 spiro atoms. The Kier molecular flexibility index (Phi) is 4.28. The summed E-state index contributed by atoms with van der Waals surface area (Å²) in [6, 6.07) is 13.8. The second kappa shape index (κ2) is 6.52. The zero-order chi connectivity index (χ0) is 16.2. The Morgan fingerprint density at radius 2 is 1.70 bits per heavy atom. The van der Waals surface area contributed by atoms with Crippen molar-refractivity contribution in [2.75, 3.05) is 14.2 Å². The van der Waals surface area contributed by atoms with Gasteiger partial charge in [0.1, 0.15) is 0 Å². The van der Waals surface area contributed by atoms with Crippen LogP contribution < -0.4 is 9.47 Å². The molecule has 0 aliphatic carbocycles. The first kappa shape index (κ1) is 15.1. The summed E-state index contributed by atoms with van der Waals surface area (Å²) in [5.41, 5.74) is 3.19. The van der Waals surface area contributed by atoms with Gasteiger partial charge in [0.2, 0.25) is 11.7 Å². The lowest BCUT2D eigenvalue weighted by Crippen LogP contribution is -1.92. The van der Waals surface area contributed by atoms with Gasteiger partial charge in [-0.05, 0) is 30.7 Å². The fourth-order valence-electron chi connectivity index (χ4n) is 2.30. The molecule has 0 atom stereocenters. The van der Waals surface area contributed by atoms with E-state index in [2.05, 4.69) is 41.3 Å². The Bertz CT molecular complexity index is 794. The summed E-state index contributed by atoms with van der Waals surface area (Å²) >= 11 is 0. The fraction of sp³-hybridized carbons (Fsp3) is 0.222. The molecule has 118 valence electrons. The van der Waals surface area contributed by atoms with E-state index in [1.54, 1.807) is 14.2 Å². The molecule has 23 heavy (non-hydrogen) atoms. The molecule has 0 bridgehead atoms. The molecular weight excluding hydrogens is 292 g/mol. The van der Waals surface area contributed by atoms with Crippen molar-refractivity contribution in [3.05, 3.63) is 59.5 Å². The van der Waals surface area contributed by atoms with Gasteiger partial charge in [-0.25, -0.2) is 0 Å². The molecule has 0 unspecified atom stereocenters. The van der Waals surface area contributed by atoms with Crippen molar-refractivity contribution in [2.24, 2.45) is 0 Å². The third-order valence-electron chi connectivity index (χ3n) is 3.59. The van der Waals surface area contributed by atoms with E-state index in [0.29, 0.717) is 29.6 Å². The van der Waals surface area contributed by atoms with E-state index in [1.165, 1.54) is 5.56 Å². The summed E-state index contributed by atoms with van der Waals surface area (Å²) in [6.45, 7) is 2.06. The molecular formula is C18H18N2O3. The number of hydrogen-bond acceptors (Lipinski definition) is 5. The number of aryl methyl sites for hydroxylation is 1. The summed E-state index contributed by atoms with van der Waals surface area (Å²) < 4.78 is 15.9. The van der Waals surface area contributed by atoms with Gasteiger partial charge in [0.05, 0.1) is 20.6 Å². The van der Waals surface area contributed by atoms with Crippen molar-refractivity contribution in [1.82, 2.24) is 10.1 Å². The van der Waals surface area contributed by atoms with Crippen LogP contribution in [0.2, 0.25) is 0 Å². The van der Waals surface area contributed by atoms with Crippen LogP contribution in [0.15, 0.2) is 47.0 Å². The Hall–Kier alpha value is -2.82. The third-order valence-corrected chi connectivity index (χ3v) is 3.59. The molecule has 0 saturated heterocycles. The van der Waals surface area contributed by atoms with Gasteiger partial charge >= 0.3 is 0 Å². The normalized spacial score (nSPS) is 10.6. The molecule has 0 radical (unpaired) electrons. The highest BCUT2D eigenvalue weighted by molar-refractivity contribution is 5.60. The largest absolute Gasteiger partial charge is 0.493 e. The first-order valence-corrected chi connectivity index (χ1v) is 7.30. The minimum Gasteiger partial charge on any atom is -0.493 e.